The van der Waals surface area contributed by atoms with Gasteiger partial charge in [-0.2, -0.15) is 0 Å². The molecule has 0 fully saturated rings. The Morgan fingerprint density at radius 1 is 1.03 bits per heavy atom. The van der Waals surface area contributed by atoms with Gasteiger partial charge in [-0.1, -0.05) is 36.0 Å². The first-order valence-electron chi connectivity index (χ1n) is 9.86. The van der Waals surface area contributed by atoms with Crippen molar-refractivity contribution in [3.63, 3.8) is 0 Å². The molecule has 2 amide bonds. The molecule has 0 bridgehead atoms. The van der Waals surface area contributed by atoms with Gasteiger partial charge in [0, 0.05) is 21.9 Å². The van der Waals surface area contributed by atoms with Gasteiger partial charge in [-0.05, 0) is 60.9 Å². The summed E-state index contributed by atoms with van der Waals surface area (Å²) in [5.74, 6) is -0.442. The first-order chi connectivity index (χ1) is 15.2. The number of primary sulfonamides is 1. The highest BCUT2D eigenvalue weighted by atomic mass is 32.2. The van der Waals surface area contributed by atoms with Gasteiger partial charge in [0.1, 0.15) is 0 Å². The minimum absolute atomic E-state index is 0.0490. The number of amides is 2. The number of nitrogens with two attached hydrogens (primary N) is 1. The molecule has 1 aliphatic heterocycles. The monoisotopic (exact) mass is 467 g/mol. The van der Waals surface area contributed by atoms with Gasteiger partial charge in [0.15, 0.2) is 0 Å². The van der Waals surface area contributed by atoms with E-state index in [1.807, 2.05) is 31.2 Å². The molecule has 0 unspecified atom stereocenters. The van der Waals surface area contributed by atoms with Crippen molar-refractivity contribution >= 4 is 39.3 Å². The fourth-order valence-corrected chi connectivity index (χ4v) is 5.09. The molecule has 0 saturated heterocycles. The molecule has 1 heterocycles. The Morgan fingerprint density at radius 3 is 2.47 bits per heavy atom. The SMILES string of the molecule is Cc1c(C(=O)NCCc2ccc(S(N)(=O)=O)cc2)ccc2c1NC(=O)c1ccccc1S2. The molecule has 0 radical (unpaired) electrons. The first-order valence-corrected chi connectivity index (χ1v) is 12.2. The number of nitrogens with one attached hydrogen (secondary N) is 2. The Labute approximate surface area is 190 Å². The topological polar surface area (TPSA) is 118 Å². The van der Waals surface area contributed by atoms with Gasteiger partial charge < -0.3 is 10.6 Å². The summed E-state index contributed by atoms with van der Waals surface area (Å²) < 4.78 is 22.7. The van der Waals surface area contributed by atoms with Crippen LogP contribution in [0.3, 0.4) is 0 Å². The highest BCUT2D eigenvalue weighted by molar-refractivity contribution is 7.99. The van der Waals surface area contributed by atoms with Gasteiger partial charge in [0.05, 0.1) is 16.1 Å². The number of benzene rings is 3. The van der Waals surface area contributed by atoms with Crippen LogP contribution in [0, 0.1) is 6.92 Å². The number of carbonyl (C=O) groups is 2. The van der Waals surface area contributed by atoms with Crippen LogP contribution >= 0.6 is 11.8 Å². The van der Waals surface area contributed by atoms with Crippen LogP contribution in [0.2, 0.25) is 0 Å². The van der Waals surface area contributed by atoms with Crippen molar-refractivity contribution < 1.29 is 18.0 Å². The fourth-order valence-electron chi connectivity index (χ4n) is 3.48. The lowest BCUT2D eigenvalue weighted by atomic mass is 10.1. The van der Waals surface area contributed by atoms with Crippen molar-refractivity contribution in [2.75, 3.05) is 11.9 Å². The fraction of sp³-hybridized carbons (Fsp3) is 0.130. The van der Waals surface area contributed by atoms with Gasteiger partial charge in [-0.15, -0.1) is 0 Å². The third kappa shape index (κ3) is 4.55. The van der Waals surface area contributed by atoms with Crippen LogP contribution in [0.1, 0.15) is 31.8 Å². The number of hydrogen-bond acceptors (Lipinski definition) is 5. The van der Waals surface area contributed by atoms with E-state index >= 15 is 0 Å². The Hall–Kier alpha value is -3.14. The number of carbonyl (C=O) groups excluding carboxylic acids is 2. The van der Waals surface area contributed by atoms with Crippen LogP contribution in [0.15, 0.2) is 75.4 Å². The van der Waals surface area contributed by atoms with Gasteiger partial charge in [0.25, 0.3) is 11.8 Å². The molecule has 7 nitrogen and oxygen atoms in total. The van der Waals surface area contributed by atoms with Crippen molar-refractivity contribution in [2.24, 2.45) is 5.14 Å². The van der Waals surface area contributed by atoms with E-state index in [1.165, 1.54) is 23.9 Å². The van der Waals surface area contributed by atoms with Gasteiger partial charge in [0.2, 0.25) is 10.0 Å². The molecular weight excluding hydrogens is 446 g/mol. The van der Waals surface area contributed by atoms with E-state index in [2.05, 4.69) is 10.6 Å². The Bertz CT molecular complexity index is 1320. The Balaban J connectivity index is 1.46. The summed E-state index contributed by atoms with van der Waals surface area (Å²) in [6, 6.07) is 17.2. The van der Waals surface area contributed by atoms with Crippen LogP contribution in [0.4, 0.5) is 5.69 Å². The number of hydrogen-bond donors (Lipinski definition) is 3. The summed E-state index contributed by atoms with van der Waals surface area (Å²) in [6.07, 6.45) is 0.530. The molecule has 4 N–H and O–H groups in total. The van der Waals surface area contributed by atoms with Crippen LogP contribution in [0.25, 0.3) is 0 Å². The maximum Gasteiger partial charge on any atom is 0.256 e. The molecule has 3 aromatic carbocycles. The molecule has 0 atom stereocenters. The Morgan fingerprint density at radius 2 is 1.75 bits per heavy atom. The van der Waals surface area contributed by atoms with E-state index in [4.69, 9.17) is 5.14 Å². The number of fused-ring (bicyclic) bond motifs is 2. The smallest absolute Gasteiger partial charge is 0.256 e. The van der Waals surface area contributed by atoms with Crippen LogP contribution in [-0.4, -0.2) is 26.8 Å². The number of sulfonamides is 1. The van der Waals surface area contributed by atoms with E-state index in [1.54, 1.807) is 24.3 Å². The normalized spacial score (nSPS) is 12.9. The quantitative estimate of drug-likeness (QED) is 0.532. The highest BCUT2D eigenvalue weighted by Gasteiger charge is 2.23. The minimum atomic E-state index is -3.73. The van der Waals surface area contributed by atoms with Crippen molar-refractivity contribution in [1.82, 2.24) is 5.32 Å². The standard InChI is InChI=1S/C23H21N3O4S2/c1-14-17(22(27)25-13-12-15-6-8-16(9-7-15)32(24,29)30)10-11-20-21(14)26-23(28)18-4-2-3-5-19(18)31-20/h2-11H,12-13H2,1H3,(H,25,27)(H,26,28)(H2,24,29,30). The lowest BCUT2D eigenvalue weighted by Gasteiger charge is -2.14. The predicted molar refractivity (Wildman–Crippen MR) is 124 cm³/mol. The molecule has 3 aromatic rings. The second-order valence-corrected chi connectivity index (χ2v) is 10.0. The predicted octanol–water partition coefficient (Wildman–Crippen LogP) is 3.33. The summed E-state index contributed by atoms with van der Waals surface area (Å²) in [7, 11) is -3.73. The maximum atomic E-state index is 12.8. The lowest BCUT2D eigenvalue weighted by Crippen LogP contribution is -2.27. The van der Waals surface area contributed by atoms with E-state index in [0.717, 1.165) is 15.4 Å². The van der Waals surface area contributed by atoms with E-state index in [-0.39, 0.29) is 16.7 Å². The summed E-state index contributed by atoms with van der Waals surface area (Å²) >= 11 is 1.49. The molecule has 4 rings (SSSR count). The second-order valence-electron chi connectivity index (χ2n) is 7.36. The zero-order valence-electron chi connectivity index (χ0n) is 17.2. The second kappa shape index (κ2) is 8.78. The molecule has 32 heavy (non-hydrogen) atoms. The molecule has 0 aliphatic carbocycles. The van der Waals surface area contributed by atoms with Crippen LogP contribution in [0.5, 0.6) is 0 Å². The maximum absolute atomic E-state index is 12.8. The highest BCUT2D eigenvalue weighted by Crippen LogP contribution is 2.41. The average molecular weight is 468 g/mol. The molecule has 164 valence electrons. The van der Waals surface area contributed by atoms with Crippen molar-refractivity contribution in [1.29, 1.82) is 0 Å². The summed E-state index contributed by atoms with van der Waals surface area (Å²) in [5.41, 5.74) is 3.30. The minimum Gasteiger partial charge on any atom is -0.352 e. The molecule has 0 spiro atoms. The Kier molecular flexibility index (Phi) is 6.05. The van der Waals surface area contributed by atoms with Gasteiger partial charge in [-0.25, -0.2) is 13.6 Å². The van der Waals surface area contributed by atoms with Gasteiger partial charge >= 0.3 is 0 Å². The van der Waals surface area contributed by atoms with Crippen molar-refractivity contribution in [3.8, 4) is 0 Å². The molecule has 0 aromatic heterocycles. The third-order valence-electron chi connectivity index (χ3n) is 5.21. The molecule has 0 saturated carbocycles. The first kappa shape index (κ1) is 22.1. The molecule has 9 heteroatoms. The zero-order valence-corrected chi connectivity index (χ0v) is 18.8. The van der Waals surface area contributed by atoms with E-state index in [9.17, 15) is 18.0 Å². The summed E-state index contributed by atoms with van der Waals surface area (Å²) in [4.78, 5) is 27.2. The molecule has 1 aliphatic rings. The summed E-state index contributed by atoms with van der Waals surface area (Å²) in [5, 5.41) is 10.9. The third-order valence-corrected chi connectivity index (χ3v) is 7.28. The zero-order chi connectivity index (χ0) is 22.9. The summed E-state index contributed by atoms with van der Waals surface area (Å²) in [6.45, 7) is 2.19. The van der Waals surface area contributed by atoms with E-state index < -0.39 is 10.0 Å². The van der Waals surface area contributed by atoms with Gasteiger partial charge in [-0.3, -0.25) is 9.59 Å². The van der Waals surface area contributed by atoms with Crippen LogP contribution < -0.4 is 15.8 Å². The van der Waals surface area contributed by atoms with Crippen molar-refractivity contribution in [2.45, 2.75) is 28.0 Å². The lowest BCUT2D eigenvalue weighted by molar-refractivity contribution is 0.0952. The average Bonchev–Trinajstić information content (AvgIpc) is 2.90. The number of rotatable bonds is 5. The van der Waals surface area contributed by atoms with Crippen molar-refractivity contribution in [3.05, 3.63) is 82.9 Å². The van der Waals surface area contributed by atoms with Crippen LogP contribution in [-0.2, 0) is 16.4 Å². The van der Waals surface area contributed by atoms with E-state index in [0.29, 0.717) is 35.3 Å². The largest absolute Gasteiger partial charge is 0.352 e. The number of anilines is 1. The molecular formula is C23H21N3O4S2.